The molecule has 0 bridgehead atoms. The van der Waals surface area contributed by atoms with Crippen molar-refractivity contribution in [1.29, 1.82) is 0 Å². The number of nitrogens with zero attached hydrogens (tertiary/aromatic N) is 2. The molecule has 0 saturated heterocycles. The molecule has 0 aromatic heterocycles. The van der Waals surface area contributed by atoms with Crippen LogP contribution in [0.5, 0.6) is 0 Å². The largest absolute Gasteiger partial charge is 0.471 e. The molecular formula is C16H12N2O4. The van der Waals surface area contributed by atoms with Gasteiger partial charge in [-0.3, -0.25) is 19.3 Å². The fourth-order valence-electron chi connectivity index (χ4n) is 2.75. The third-order valence-corrected chi connectivity index (χ3v) is 3.85. The SMILES string of the molecule is CN1C(=O)c2cccc(C3C=C4C=COC=CN4O3)c2C1=O. The summed E-state index contributed by atoms with van der Waals surface area (Å²) in [7, 11) is 1.48. The number of imide groups is 1. The van der Waals surface area contributed by atoms with E-state index in [9.17, 15) is 9.59 Å². The minimum absolute atomic E-state index is 0.282. The van der Waals surface area contributed by atoms with Crippen molar-refractivity contribution < 1.29 is 19.2 Å². The molecule has 110 valence electrons. The van der Waals surface area contributed by atoms with Crippen molar-refractivity contribution in [1.82, 2.24) is 9.96 Å². The van der Waals surface area contributed by atoms with Crippen LogP contribution in [0, 0.1) is 0 Å². The average molecular weight is 296 g/mol. The first-order chi connectivity index (χ1) is 10.7. The topological polar surface area (TPSA) is 59.1 Å². The summed E-state index contributed by atoms with van der Waals surface area (Å²) in [5.41, 5.74) is 2.33. The van der Waals surface area contributed by atoms with E-state index in [1.807, 2.05) is 6.08 Å². The van der Waals surface area contributed by atoms with E-state index in [4.69, 9.17) is 9.57 Å². The van der Waals surface area contributed by atoms with Crippen molar-refractivity contribution in [3.8, 4) is 0 Å². The summed E-state index contributed by atoms with van der Waals surface area (Å²) in [4.78, 5) is 31.3. The molecule has 0 saturated carbocycles. The maximum absolute atomic E-state index is 12.3. The Bertz CT molecular complexity index is 778. The van der Waals surface area contributed by atoms with Gasteiger partial charge in [-0.25, -0.2) is 5.06 Å². The van der Waals surface area contributed by atoms with E-state index in [0.717, 1.165) is 10.6 Å². The highest BCUT2D eigenvalue weighted by atomic mass is 16.7. The van der Waals surface area contributed by atoms with E-state index in [1.54, 1.807) is 41.8 Å². The van der Waals surface area contributed by atoms with Crippen LogP contribution in [0.1, 0.15) is 32.4 Å². The molecule has 2 amide bonds. The highest BCUT2D eigenvalue weighted by molar-refractivity contribution is 6.21. The van der Waals surface area contributed by atoms with Gasteiger partial charge in [-0.15, -0.1) is 0 Å². The van der Waals surface area contributed by atoms with Crippen molar-refractivity contribution in [2.24, 2.45) is 0 Å². The predicted octanol–water partition coefficient (Wildman–Crippen LogP) is 2.10. The smallest absolute Gasteiger partial charge is 0.261 e. The second-order valence-corrected chi connectivity index (χ2v) is 5.11. The molecule has 3 aliphatic heterocycles. The Kier molecular flexibility index (Phi) is 2.67. The Hall–Kier alpha value is -2.86. The molecule has 0 spiro atoms. The molecule has 1 unspecified atom stereocenters. The first kappa shape index (κ1) is 12.8. The Morgan fingerprint density at radius 3 is 2.86 bits per heavy atom. The molecule has 3 aliphatic rings. The summed E-state index contributed by atoms with van der Waals surface area (Å²) < 4.78 is 5.06. The number of carbonyl (C=O) groups excluding carboxylic acids is 2. The number of benzene rings is 1. The van der Waals surface area contributed by atoms with Crippen LogP contribution < -0.4 is 0 Å². The minimum atomic E-state index is -0.430. The maximum Gasteiger partial charge on any atom is 0.261 e. The fraction of sp³-hybridized carbons (Fsp3) is 0.125. The van der Waals surface area contributed by atoms with Gasteiger partial charge in [0.2, 0.25) is 0 Å². The molecule has 0 N–H and O–H groups in total. The molecule has 3 heterocycles. The number of ether oxygens (including phenoxy) is 1. The van der Waals surface area contributed by atoms with Gasteiger partial charge in [0, 0.05) is 12.6 Å². The van der Waals surface area contributed by atoms with Crippen LogP contribution in [-0.2, 0) is 9.57 Å². The van der Waals surface area contributed by atoms with Gasteiger partial charge in [0.25, 0.3) is 11.8 Å². The normalized spacial score (nSPS) is 22.4. The lowest BCUT2D eigenvalue weighted by Crippen LogP contribution is -2.24. The van der Waals surface area contributed by atoms with E-state index >= 15 is 0 Å². The molecule has 6 nitrogen and oxygen atoms in total. The van der Waals surface area contributed by atoms with Crippen LogP contribution in [0.25, 0.3) is 0 Å². The number of carbonyl (C=O) groups is 2. The lowest BCUT2D eigenvalue weighted by atomic mass is 9.98. The van der Waals surface area contributed by atoms with Crippen molar-refractivity contribution in [3.63, 3.8) is 0 Å². The Morgan fingerprint density at radius 2 is 2.00 bits per heavy atom. The number of hydrogen-bond donors (Lipinski definition) is 0. The van der Waals surface area contributed by atoms with E-state index in [-0.39, 0.29) is 11.8 Å². The van der Waals surface area contributed by atoms with Gasteiger partial charge >= 0.3 is 0 Å². The first-order valence-corrected chi connectivity index (χ1v) is 6.78. The molecule has 1 aromatic carbocycles. The summed E-state index contributed by atoms with van der Waals surface area (Å²) >= 11 is 0. The molecule has 6 heteroatoms. The number of fused-ring (bicyclic) bond motifs is 2. The zero-order valence-corrected chi connectivity index (χ0v) is 11.7. The van der Waals surface area contributed by atoms with Crippen LogP contribution in [0.4, 0.5) is 0 Å². The van der Waals surface area contributed by atoms with E-state index in [0.29, 0.717) is 16.7 Å². The van der Waals surface area contributed by atoms with Crippen LogP contribution >= 0.6 is 0 Å². The monoisotopic (exact) mass is 296 g/mol. The zero-order valence-electron chi connectivity index (χ0n) is 11.7. The molecular weight excluding hydrogens is 284 g/mol. The number of amides is 2. The van der Waals surface area contributed by atoms with Crippen LogP contribution in [0.3, 0.4) is 0 Å². The van der Waals surface area contributed by atoms with Crippen molar-refractivity contribution in [2.75, 3.05) is 7.05 Å². The Morgan fingerprint density at radius 1 is 1.14 bits per heavy atom. The Balaban J connectivity index is 1.79. The highest BCUT2D eigenvalue weighted by Gasteiger charge is 2.37. The molecule has 0 radical (unpaired) electrons. The van der Waals surface area contributed by atoms with Gasteiger partial charge in [0.05, 0.1) is 29.3 Å². The molecule has 0 fully saturated rings. The molecule has 0 aliphatic carbocycles. The molecule has 22 heavy (non-hydrogen) atoms. The highest BCUT2D eigenvalue weighted by Crippen LogP contribution is 2.37. The minimum Gasteiger partial charge on any atom is -0.471 e. The maximum atomic E-state index is 12.3. The summed E-state index contributed by atoms with van der Waals surface area (Å²) in [5, 5.41) is 1.57. The van der Waals surface area contributed by atoms with Gasteiger partial charge in [-0.2, -0.15) is 0 Å². The lowest BCUT2D eigenvalue weighted by Gasteiger charge is -2.16. The molecule has 4 rings (SSSR count). The van der Waals surface area contributed by atoms with Gasteiger partial charge < -0.3 is 4.74 Å². The number of hydrogen-bond acceptors (Lipinski definition) is 5. The van der Waals surface area contributed by atoms with E-state index in [1.165, 1.54) is 13.3 Å². The first-order valence-electron chi connectivity index (χ1n) is 6.78. The standard InChI is InChI=1S/C16H12N2O4/c1-17-15(19)12-4-2-3-11(14(12)16(17)20)13-9-10-5-7-21-8-6-18(10)22-13/h2-9,13H,1H3. The molecule has 1 atom stereocenters. The lowest BCUT2D eigenvalue weighted by molar-refractivity contribution is -0.101. The zero-order chi connectivity index (χ0) is 15.3. The quantitative estimate of drug-likeness (QED) is 0.743. The second-order valence-electron chi connectivity index (χ2n) is 5.11. The fourth-order valence-corrected chi connectivity index (χ4v) is 2.75. The number of hydroxylamine groups is 2. The second kappa shape index (κ2) is 4.57. The molecule has 1 aromatic rings. The third kappa shape index (κ3) is 1.71. The van der Waals surface area contributed by atoms with E-state index in [2.05, 4.69) is 0 Å². The predicted molar refractivity (Wildman–Crippen MR) is 76.0 cm³/mol. The van der Waals surface area contributed by atoms with Crippen molar-refractivity contribution in [2.45, 2.75) is 6.10 Å². The summed E-state index contributed by atoms with van der Waals surface area (Å²) in [5.74, 6) is -0.579. The Labute approximate surface area is 126 Å². The summed E-state index contributed by atoms with van der Waals surface area (Å²) in [6, 6.07) is 5.23. The summed E-state index contributed by atoms with van der Waals surface area (Å²) in [6.45, 7) is 0. The summed E-state index contributed by atoms with van der Waals surface area (Å²) in [6.07, 6.45) is 7.90. The van der Waals surface area contributed by atoms with Crippen molar-refractivity contribution in [3.05, 3.63) is 71.5 Å². The average Bonchev–Trinajstić information content (AvgIpc) is 2.93. The number of rotatable bonds is 1. The number of allylic oxidation sites excluding steroid dienone is 1. The van der Waals surface area contributed by atoms with Gasteiger partial charge in [0.1, 0.15) is 12.4 Å². The van der Waals surface area contributed by atoms with Crippen molar-refractivity contribution >= 4 is 11.8 Å². The van der Waals surface area contributed by atoms with Gasteiger partial charge in [0.15, 0.2) is 0 Å². The van der Waals surface area contributed by atoms with Gasteiger partial charge in [-0.05, 0) is 18.2 Å². The van der Waals surface area contributed by atoms with Crippen LogP contribution in [0.2, 0.25) is 0 Å². The van der Waals surface area contributed by atoms with Gasteiger partial charge in [-0.1, -0.05) is 12.1 Å². The van der Waals surface area contributed by atoms with Crippen LogP contribution in [-0.4, -0.2) is 28.8 Å². The van der Waals surface area contributed by atoms with E-state index < -0.39 is 6.10 Å². The third-order valence-electron chi connectivity index (χ3n) is 3.85. The van der Waals surface area contributed by atoms with Crippen LogP contribution in [0.15, 0.2) is 54.8 Å².